The number of amides is 2. The van der Waals surface area contributed by atoms with Crippen LogP contribution < -0.4 is 10.6 Å². The van der Waals surface area contributed by atoms with Gasteiger partial charge in [0, 0.05) is 5.88 Å². The Kier molecular flexibility index (Phi) is 2.59. The van der Waals surface area contributed by atoms with Crippen molar-refractivity contribution in [1.82, 2.24) is 5.32 Å². The highest BCUT2D eigenvalue weighted by molar-refractivity contribution is 6.17. The van der Waals surface area contributed by atoms with Gasteiger partial charge in [0.25, 0.3) is 0 Å². The van der Waals surface area contributed by atoms with E-state index in [4.69, 9.17) is 11.6 Å². The quantitative estimate of drug-likeness (QED) is 0.765. The van der Waals surface area contributed by atoms with Gasteiger partial charge in [0.15, 0.2) is 0 Å². The summed E-state index contributed by atoms with van der Waals surface area (Å²) in [6.45, 7) is 0. The first-order chi connectivity index (χ1) is 6.79. The van der Waals surface area contributed by atoms with Crippen LogP contribution in [0.5, 0.6) is 0 Å². The molecule has 1 N–H and O–H groups in total. The molecule has 0 saturated heterocycles. The second-order valence-corrected chi connectivity index (χ2v) is 3.56. The number of carbonyl (C=O) groups is 1. The summed E-state index contributed by atoms with van der Waals surface area (Å²) in [7, 11) is 0. The first-order valence-electron chi connectivity index (χ1n) is 4.51. The third-order valence-corrected chi connectivity index (χ3v) is 2.39. The molecule has 1 heterocycles. The zero-order chi connectivity index (χ0) is 9.97. The van der Waals surface area contributed by atoms with Crippen molar-refractivity contribution in [3.05, 3.63) is 23.8 Å². The number of hydrogen-bond acceptors (Lipinski definition) is 1. The third-order valence-electron chi connectivity index (χ3n) is 2.12. The lowest BCUT2D eigenvalue weighted by Gasteiger charge is -2.01. The maximum atomic E-state index is 10.9. The molecule has 0 atom stereocenters. The van der Waals surface area contributed by atoms with Crippen LogP contribution in [0.3, 0.4) is 0 Å². The van der Waals surface area contributed by atoms with Crippen LogP contribution in [0.25, 0.3) is 0 Å². The van der Waals surface area contributed by atoms with Gasteiger partial charge in [0.1, 0.15) is 0 Å². The van der Waals surface area contributed by atoms with Crippen molar-refractivity contribution in [2.75, 3.05) is 11.2 Å². The Balaban J connectivity index is 2.16. The van der Waals surface area contributed by atoms with Crippen LogP contribution in [0.2, 0.25) is 0 Å². The predicted molar refractivity (Wildman–Crippen MR) is 56.3 cm³/mol. The highest BCUT2D eigenvalue weighted by atomic mass is 35.5. The van der Waals surface area contributed by atoms with Crippen molar-refractivity contribution in [3.63, 3.8) is 0 Å². The van der Waals surface area contributed by atoms with Crippen LogP contribution in [0, 0.1) is 0 Å². The summed E-state index contributed by atoms with van der Waals surface area (Å²) >= 11 is 5.60. The molecule has 4 heteroatoms. The van der Waals surface area contributed by atoms with Gasteiger partial charge in [-0.05, 0) is 30.5 Å². The molecule has 0 bridgehead atoms. The molecule has 1 aliphatic heterocycles. The fraction of sp³-hybridized carbons (Fsp3) is 0.300. The van der Waals surface area contributed by atoms with E-state index >= 15 is 0 Å². The number of aryl methyl sites for hydroxylation is 1. The first kappa shape index (κ1) is 9.34. The Morgan fingerprint density at radius 3 is 3.07 bits per heavy atom. The number of halogens is 1. The van der Waals surface area contributed by atoms with E-state index in [1.807, 2.05) is 18.2 Å². The highest BCUT2D eigenvalue weighted by Crippen LogP contribution is 2.28. The molecule has 1 aromatic rings. The number of urea groups is 1. The summed E-state index contributed by atoms with van der Waals surface area (Å²) in [5, 5.41) is 6.49. The minimum Gasteiger partial charge on any atom is -0.304 e. The number of anilines is 1. The van der Waals surface area contributed by atoms with E-state index in [2.05, 4.69) is 10.6 Å². The van der Waals surface area contributed by atoms with Gasteiger partial charge in [-0.2, -0.15) is 5.32 Å². The average molecular weight is 210 g/mol. The second kappa shape index (κ2) is 3.88. The largest absolute Gasteiger partial charge is 0.346 e. The molecule has 0 spiro atoms. The van der Waals surface area contributed by atoms with E-state index in [0.29, 0.717) is 5.88 Å². The minimum absolute atomic E-state index is 0.283. The van der Waals surface area contributed by atoms with Gasteiger partial charge in [-0.1, -0.05) is 6.07 Å². The molecule has 14 heavy (non-hydrogen) atoms. The number of hydrogen-bond donors (Lipinski definition) is 1. The third kappa shape index (κ3) is 1.82. The summed E-state index contributed by atoms with van der Waals surface area (Å²) in [5.41, 5.74) is 2.70. The Hall–Kier alpha value is -1.22. The predicted octanol–water partition coefficient (Wildman–Crippen LogP) is 2.64. The Morgan fingerprint density at radius 1 is 1.43 bits per heavy atom. The van der Waals surface area contributed by atoms with Crippen LogP contribution in [0.1, 0.15) is 12.0 Å². The Bertz CT molecular complexity index is 365. The summed E-state index contributed by atoms with van der Waals surface area (Å²) in [6, 6.07) is 5.52. The fourth-order valence-corrected chi connectivity index (χ4v) is 1.59. The van der Waals surface area contributed by atoms with Gasteiger partial charge in [0.2, 0.25) is 0 Å². The lowest BCUT2D eigenvalue weighted by Crippen LogP contribution is -2.08. The SMILES string of the molecule is O=C1[N]c2cc(CCCCl)ccc2N1. The zero-order valence-electron chi connectivity index (χ0n) is 7.59. The van der Waals surface area contributed by atoms with Crippen molar-refractivity contribution < 1.29 is 4.79 Å². The monoisotopic (exact) mass is 209 g/mol. The lowest BCUT2D eigenvalue weighted by molar-refractivity contribution is 0.256. The Labute approximate surface area is 87.4 Å². The van der Waals surface area contributed by atoms with Crippen LogP contribution in [0.4, 0.5) is 16.2 Å². The number of nitrogens with zero attached hydrogens (tertiary/aromatic N) is 1. The van der Waals surface area contributed by atoms with E-state index in [-0.39, 0.29) is 6.03 Å². The number of carbonyl (C=O) groups excluding carboxylic acids is 1. The number of nitrogens with one attached hydrogen (secondary N) is 1. The number of benzene rings is 1. The summed E-state index contributed by atoms with van der Waals surface area (Å²) in [4.78, 5) is 10.9. The van der Waals surface area contributed by atoms with Gasteiger partial charge in [-0.3, -0.25) is 0 Å². The average Bonchev–Trinajstić information content (AvgIpc) is 2.54. The van der Waals surface area contributed by atoms with Gasteiger partial charge in [-0.15, -0.1) is 11.6 Å². The summed E-state index contributed by atoms with van der Waals surface area (Å²) in [5.74, 6) is 0.658. The molecule has 1 radical (unpaired) electrons. The van der Waals surface area contributed by atoms with Gasteiger partial charge in [0.05, 0.1) is 11.4 Å². The smallest absolute Gasteiger partial charge is 0.304 e. The molecule has 1 aliphatic rings. The molecule has 2 amide bonds. The second-order valence-electron chi connectivity index (χ2n) is 3.19. The van der Waals surface area contributed by atoms with Crippen molar-refractivity contribution in [3.8, 4) is 0 Å². The standard InChI is InChI=1S/C10H10ClN2O/c11-5-1-2-7-3-4-8-9(6-7)13-10(14)12-8/h3-4,6H,1-2,5H2,(H,12,14). The molecule has 0 aromatic heterocycles. The summed E-state index contributed by atoms with van der Waals surface area (Å²) in [6.07, 6.45) is 1.88. The normalized spacial score (nSPS) is 13.4. The van der Waals surface area contributed by atoms with E-state index in [1.54, 1.807) is 0 Å². The van der Waals surface area contributed by atoms with Crippen LogP contribution in [-0.4, -0.2) is 11.9 Å². The van der Waals surface area contributed by atoms with E-state index in [9.17, 15) is 4.79 Å². The van der Waals surface area contributed by atoms with Gasteiger partial charge in [-0.25, -0.2) is 4.79 Å². The molecule has 0 fully saturated rings. The molecule has 73 valence electrons. The molecular formula is C10H10ClN2O. The first-order valence-corrected chi connectivity index (χ1v) is 5.04. The molecule has 0 aliphatic carbocycles. The van der Waals surface area contributed by atoms with Crippen molar-refractivity contribution in [2.45, 2.75) is 12.8 Å². The van der Waals surface area contributed by atoms with Crippen molar-refractivity contribution in [1.29, 1.82) is 0 Å². The zero-order valence-corrected chi connectivity index (χ0v) is 8.34. The molecular weight excluding hydrogens is 200 g/mol. The van der Waals surface area contributed by atoms with E-state index < -0.39 is 0 Å². The lowest BCUT2D eigenvalue weighted by atomic mass is 10.1. The van der Waals surface area contributed by atoms with Crippen molar-refractivity contribution >= 4 is 29.0 Å². The summed E-state index contributed by atoms with van der Waals surface area (Å²) < 4.78 is 0. The van der Waals surface area contributed by atoms with Crippen LogP contribution in [-0.2, 0) is 6.42 Å². The minimum atomic E-state index is -0.283. The number of alkyl halides is 1. The molecule has 1 aromatic carbocycles. The van der Waals surface area contributed by atoms with Crippen LogP contribution in [0.15, 0.2) is 18.2 Å². The van der Waals surface area contributed by atoms with Crippen molar-refractivity contribution in [2.24, 2.45) is 0 Å². The van der Waals surface area contributed by atoms with Crippen LogP contribution >= 0.6 is 11.6 Å². The van der Waals surface area contributed by atoms with E-state index in [0.717, 1.165) is 24.2 Å². The Morgan fingerprint density at radius 2 is 2.29 bits per heavy atom. The molecule has 0 unspecified atom stereocenters. The maximum absolute atomic E-state index is 10.9. The molecule has 2 rings (SSSR count). The maximum Gasteiger partial charge on any atom is 0.346 e. The molecule has 0 saturated carbocycles. The topological polar surface area (TPSA) is 43.2 Å². The van der Waals surface area contributed by atoms with Gasteiger partial charge >= 0.3 is 6.03 Å². The number of rotatable bonds is 3. The number of fused-ring (bicyclic) bond motifs is 1. The molecule has 3 nitrogen and oxygen atoms in total. The highest BCUT2D eigenvalue weighted by Gasteiger charge is 2.18. The van der Waals surface area contributed by atoms with E-state index in [1.165, 1.54) is 5.56 Å². The van der Waals surface area contributed by atoms with Gasteiger partial charge < -0.3 is 5.32 Å². The fourth-order valence-electron chi connectivity index (χ4n) is 1.45.